The second kappa shape index (κ2) is 4.80. The Hall–Kier alpha value is -2.06. The molecule has 0 radical (unpaired) electrons. The van der Waals surface area contributed by atoms with Crippen molar-refractivity contribution < 1.29 is 9.53 Å². The molecule has 0 fully saturated rings. The Morgan fingerprint density at radius 3 is 2.95 bits per heavy atom. The molecule has 1 aromatic rings. The predicted octanol–water partition coefficient (Wildman–Crippen LogP) is 2.81. The van der Waals surface area contributed by atoms with Gasteiger partial charge in [0, 0.05) is 18.4 Å². The molecule has 0 saturated heterocycles. The van der Waals surface area contributed by atoms with Crippen molar-refractivity contribution in [3.63, 3.8) is 0 Å². The van der Waals surface area contributed by atoms with Crippen LogP contribution in [-0.2, 0) is 9.53 Å². The number of nitriles is 1. The minimum absolute atomic E-state index is 0.0650. The third-order valence-electron chi connectivity index (χ3n) is 3.74. The quantitative estimate of drug-likeness (QED) is 0.861. The van der Waals surface area contributed by atoms with E-state index >= 15 is 0 Å². The molecule has 2 aliphatic rings. The Morgan fingerprint density at radius 2 is 2.30 bits per heavy atom. The first kappa shape index (κ1) is 12.9. The lowest BCUT2D eigenvalue weighted by Gasteiger charge is -2.32. The molecular weight excluding hydrogens is 272 g/mol. The summed E-state index contributed by atoms with van der Waals surface area (Å²) in [5.74, 6) is 0.719. The molecule has 1 aliphatic carbocycles. The van der Waals surface area contributed by atoms with E-state index in [1.165, 1.54) is 0 Å². The van der Waals surface area contributed by atoms with E-state index in [9.17, 15) is 10.1 Å². The van der Waals surface area contributed by atoms with Gasteiger partial charge >= 0.3 is 0 Å². The van der Waals surface area contributed by atoms with E-state index in [1.54, 1.807) is 11.3 Å². The van der Waals surface area contributed by atoms with Gasteiger partial charge in [0.15, 0.2) is 5.78 Å². The van der Waals surface area contributed by atoms with Crippen LogP contribution in [0, 0.1) is 17.2 Å². The van der Waals surface area contributed by atoms with E-state index in [2.05, 4.69) is 6.07 Å². The fourth-order valence-corrected chi connectivity index (χ4v) is 3.55. The Balaban J connectivity index is 2.16. The minimum atomic E-state index is -0.366. The molecule has 2 atom stereocenters. The summed E-state index contributed by atoms with van der Waals surface area (Å²) in [6.45, 7) is 2.02. The fourth-order valence-electron chi connectivity index (χ4n) is 2.87. The molecule has 3 rings (SSSR count). The maximum absolute atomic E-state index is 12.4. The van der Waals surface area contributed by atoms with Crippen molar-refractivity contribution in [2.75, 3.05) is 0 Å². The third-order valence-corrected chi connectivity index (χ3v) is 4.44. The summed E-state index contributed by atoms with van der Waals surface area (Å²) in [6.07, 6.45) is 1.20. The van der Waals surface area contributed by atoms with Crippen LogP contribution in [0.25, 0.3) is 0 Å². The lowest BCUT2D eigenvalue weighted by atomic mass is 9.76. The first-order chi connectivity index (χ1) is 9.61. The van der Waals surface area contributed by atoms with Crippen molar-refractivity contribution >= 4 is 17.1 Å². The summed E-state index contributed by atoms with van der Waals surface area (Å²) in [4.78, 5) is 12.4. The molecule has 102 valence electrons. The van der Waals surface area contributed by atoms with Gasteiger partial charge in [-0.25, -0.2) is 0 Å². The molecule has 0 spiro atoms. The highest BCUT2D eigenvalue weighted by Gasteiger charge is 2.39. The van der Waals surface area contributed by atoms with E-state index in [4.69, 9.17) is 10.5 Å². The number of ether oxygens (including phenoxy) is 1. The number of allylic oxidation sites excluding steroid dienone is 3. The number of carbonyl (C=O) groups excluding carboxylic acids is 1. The van der Waals surface area contributed by atoms with Crippen molar-refractivity contribution in [3.05, 3.63) is 45.2 Å². The zero-order valence-electron chi connectivity index (χ0n) is 11.1. The van der Waals surface area contributed by atoms with Crippen LogP contribution >= 0.6 is 11.3 Å². The first-order valence-corrected chi connectivity index (χ1v) is 7.42. The summed E-state index contributed by atoms with van der Waals surface area (Å²) < 4.78 is 5.56. The number of nitrogens with two attached hydrogens (primary N) is 1. The summed E-state index contributed by atoms with van der Waals surface area (Å²) >= 11 is 1.54. The summed E-state index contributed by atoms with van der Waals surface area (Å²) in [5, 5.41) is 13.3. The van der Waals surface area contributed by atoms with Crippen molar-refractivity contribution in [3.8, 4) is 6.07 Å². The third kappa shape index (κ3) is 1.93. The number of nitrogens with zero attached hydrogens (tertiary/aromatic N) is 1. The van der Waals surface area contributed by atoms with Gasteiger partial charge < -0.3 is 10.5 Å². The number of thiophene rings is 1. The van der Waals surface area contributed by atoms with Gasteiger partial charge in [0.05, 0.1) is 5.92 Å². The van der Waals surface area contributed by atoms with Crippen LogP contribution in [0.4, 0.5) is 0 Å². The summed E-state index contributed by atoms with van der Waals surface area (Å²) in [7, 11) is 0. The van der Waals surface area contributed by atoms with E-state index in [0.717, 1.165) is 5.56 Å². The summed E-state index contributed by atoms with van der Waals surface area (Å²) in [5.41, 5.74) is 7.77. The number of rotatable bonds is 1. The number of hydrogen-bond donors (Lipinski definition) is 1. The van der Waals surface area contributed by atoms with Gasteiger partial charge in [-0.15, -0.1) is 0 Å². The first-order valence-electron chi connectivity index (χ1n) is 6.47. The molecule has 0 bridgehead atoms. The van der Waals surface area contributed by atoms with Crippen molar-refractivity contribution in [1.82, 2.24) is 0 Å². The summed E-state index contributed by atoms with van der Waals surface area (Å²) in [6, 6.07) is 4.04. The normalized spacial score (nSPS) is 26.1. The van der Waals surface area contributed by atoms with Gasteiger partial charge in [0.25, 0.3) is 0 Å². The maximum atomic E-state index is 12.4. The van der Waals surface area contributed by atoms with Gasteiger partial charge in [0.1, 0.15) is 17.4 Å². The Morgan fingerprint density at radius 1 is 1.50 bits per heavy atom. The van der Waals surface area contributed by atoms with Crippen LogP contribution in [0.3, 0.4) is 0 Å². The average Bonchev–Trinajstić information content (AvgIpc) is 2.90. The van der Waals surface area contributed by atoms with Crippen LogP contribution in [0.2, 0.25) is 0 Å². The van der Waals surface area contributed by atoms with Crippen LogP contribution < -0.4 is 5.73 Å². The van der Waals surface area contributed by atoms with Crippen LogP contribution in [-0.4, -0.2) is 5.78 Å². The second-order valence-corrected chi connectivity index (χ2v) is 6.03. The minimum Gasteiger partial charge on any atom is -0.444 e. The monoisotopic (exact) mass is 286 g/mol. The number of ketones is 1. The second-order valence-electron chi connectivity index (χ2n) is 5.25. The highest BCUT2D eigenvalue weighted by molar-refractivity contribution is 7.08. The number of carbonyl (C=O) groups is 1. The smallest absolute Gasteiger partial charge is 0.205 e. The topological polar surface area (TPSA) is 76.1 Å². The van der Waals surface area contributed by atoms with Gasteiger partial charge in [-0.05, 0) is 28.3 Å². The highest BCUT2D eigenvalue weighted by Crippen LogP contribution is 2.44. The van der Waals surface area contributed by atoms with Crippen molar-refractivity contribution in [2.45, 2.75) is 25.7 Å². The van der Waals surface area contributed by atoms with Crippen LogP contribution in [0.5, 0.6) is 0 Å². The van der Waals surface area contributed by atoms with Gasteiger partial charge in [-0.1, -0.05) is 6.92 Å². The highest BCUT2D eigenvalue weighted by atomic mass is 32.1. The van der Waals surface area contributed by atoms with Gasteiger partial charge in [0.2, 0.25) is 5.88 Å². The predicted molar refractivity (Wildman–Crippen MR) is 75.4 cm³/mol. The zero-order valence-corrected chi connectivity index (χ0v) is 11.9. The molecule has 1 aromatic heterocycles. The lowest BCUT2D eigenvalue weighted by Crippen LogP contribution is -2.29. The zero-order chi connectivity index (χ0) is 14.3. The molecule has 0 unspecified atom stereocenters. The standard InChI is InChI=1S/C15H14N2O2S/c1-8-4-11(18)14-12(5-8)19-15(17)10(6-16)13(14)9-2-3-20-7-9/h2-3,7-8,13H,4-5,17H2,1H3/t8-,13-/m1/s1. The van der Waals surface area contributed by atoms with E-state index < -0.39 is 0 Å². The molecule has 2 N–H and O–H groups in total. The largest absolute Gasteiger partial charge is 0.444 e. The van der Waals surface area contributed by atoms with Crippen LogP contribution in [0.1, 0.15) is 31.2 Å². The molecule has 0 aromatic carbocycles. The van der Waals surface area contributed by atoms with Crippen molar-refractivity contribution in [1.29, 1.82) is 5.26 Å². The van der Waals surface area contributed by atoms with E-state index in [0.29, 0.717) is 29.7 Å². The van der Waals surface area contributed by atoms with Gasteiger partial charge in [-0.2, -0.15) is 16.6 Å². The molecule has 2 heterocycles. The van der Waals surface area contributed by atoms with E-state index in [-0.39, 0.29) is 23.5 Å². The average molecular weight is 286 g/mol. The Bertz CT molecular complexity index is 665. The van der Waals surface area contributed by atoms with Gasteiger partial charge in [-0.3, -0.25) is 4.79 Å². The van der Waals surface area contributed by atoms with Crippen LogP contribution in [0.15, 0.2) is 39.6 Å². The van der Waals surface area contributed by atoms with Crippen molar-refractivity contribution in [2.24, 2.45) is 11.7 Å². The fraction of sp³-hybridized carbons (Fsp3) is 0.333. The Labute approximate surface area is 121 Å². The Kier molecular flexibility index (Phi) is 3.11. The molecule has 0 saturated carbocycles. The van der Waals surface area contributed by atoms with E-state index in [1.807, 2.05) is 23.8 Å². The number of hydrogen-bond acceptors (Lipinski definition) is 5. The maximum Gasteiger partial charge on any atom is 0.205 e. The molecule has 1 aliphatic heterocycles. The molecule has 4 nitrogen and oxygen atoms in total. The SMILES string of the molecule is C[C@@H]1CC(=O)C2=C(C1)OC(N)=C(C#N)[C@H]2c1ccsc1. The molecule has 20 heavy (non-hydrogen) atoms. The lowest BCUT2D eigenvalue weighted by molar-refractivity contribution is -0.117. The molecule has 5 heteroatoms. The molecule has 0 amide bonds. The number of Topliss-reactive ketones (excluding diaryl/α,β-unsaturated/α-hetero) is 1. The molecular formula is C15H14N2O2S.